The van der Waals surface area contributed by atoms with E-state index in [2.05, 4.69) is 40.9 Å². The Bertz CT molecular complexity index is 1600. The zero-order valence-electron chi connectivity index (χ0n) is 19.1. The number of carbonyl (C=O) groups is 1. The number of nitrogens with one attached hydrogen (secondary N) is 3. The highest BCUT2D eigenvalue weighted by Crippen LogP contribution is 2.38. The molecule has 3 N–H and O–H groups in total. The number of hydrogen-bond donors (Lipinski definition) is 3. The highest BCUT2D eigenvalue weighted by molar-refractivity contribution is 5.95. The molecule has 1 aliphatic heterocycles. The van der Waals surface area contributed by atoms with Gasteiger partial charge in [0.2, 0.25) is 5.95 Å². The number of benzene rings is 2. The van der Waals surface area contributed by atoms with Crippen LogP contribution >= 0.6 is 0 Å². The molecule has 11 nitrogen and oxygen atoms in total. The van der Waals surface area contributed by atoms with E-state index in [0.29, 0.717) is 34.6 Å². The molecule has 0 fully saturated rings. The van der Waals surface area contributed by atoms with Gasteiger partial charge in [0, 0.05) is 28.5 Å². The Morgan fingerprint density at radius 1 is 0.971 bits per heavy atom. The van der Waals surface area contributed by atoms with Crippen LogP contribution in [0.1, 0.15) is 35.6 Å². The topological polar surface area (TPSA) is 144 Å². The molecule has 0 saturated carbocycles. The Hall–Kier alpha value is -4.80. The molecule has 11 heteroatoms. The quantitative estimate of drug-likeness (QED) is 0.313. The molecule has 174 valence electrons. The average Bonchev–Trinajstić information content (AvgIpc) is 3.52. The standard InChI is InChI=1S/C24H20N8O3/c1-12-27-21(35-32-12)17-11-25-23(29-15-4-6-16-18(9-15)24(2,3)34-22(16)33)30-20(17)28-14-5-7-19-13(8-14)10-26-31-19/h4-11H,1-3H3,(H,26,31)(H2,25,28,29,30). The first-order valence-electron chi connectivity index (χ1n) is 10.9. The zero-order valence-corrected chi connectivity index (χ0v) is 19.1. The van der Waals surface area contributed by atoms with E-state index in [0.717, 1.165) is 27.8 Å². The lowest BCUT2D eigenvalue weighted by Gasteiger charge is -2.18. The fraction of sp³-hybridized carbons (Fsp3) is 0.167. The van der Waals surface area contributed by atoms with Crippen LogP contribution in [-0.4, -0.2) is 36.3 Å². The van der Waals surface area contributed by atoms with E-state index < -0.39 is 5.60 Å². The Morgan fingerprint density at radius 2 is 1.80 bits per heavy atom. The summed E-state index contributed by atoms with van der Waals surface area (Å²) in [7, 11) is 0. The predicted octanol–water partition coefficient (Wildman–Crippen LogP) is 4.60. The molecule has 35 heavy (non-hydrogen) atoms. The Morgan fingerprint density at radius 3 is 2.63 bits per heavy atom. The molecule has 1 aliphatic rings. The van der Waals surface area contributed by atoms with Crippen LogP contribution in [0.25, 0.3) is 22.4 Å². The van der Waals surface area contributed by atoms with Gasteiger partial charge in [0.1, 0.15) is 17.0 Å². The molecule has 6 rings (SSSR count). The van der Waals surface area contributed by atoms with Crippen molar-refractivity contribution in [3.8, 4) is 11.5 Å². The summed E-state index contributed by atoms with van der Waals surface area (Å²) in [6, 6.07) is 11.2. The summed E-state index contributed by atoms with van der Waals surface area (Å²) >= 11 is 0. The Labute approximate surface area is 198 Å². The number of aromatic nitrogens is 6. The number of fused-ring (bicyclic) bond motifs is 2. The fourth-order valence-electron chi connectivity index (χ4n) is 4.03. The molecule has 5 aromatic rings. The normalized spacial score (nSPS) is 14.1. The molecule has 0 aliphatic carbocycles. The molecule has 0 unspecified atom stereocenters. The minimum absolute atomic E-state index is 0.302. The van der Waals surface area contributed by atoms with E-state index in [4.69, 9.17) is 9.26 Å². The maximum atomic E-state index is 12.1. The first-order chi connectivity index (χ1) is 16.9. The van der Waals surface area contributed by atoms with Gasteiger partial charge in [-0.25, -0.2) is 9.78 Å². The predicted molar refractivity (Wildman–Crippen MR) is 128 cm³/mol. The van der Waals surface area contributed by atoms with E-state index in [1.807, 2.05) is 38.1 Å². The molecule has 3 aromatic heterocycles. The maximum Gasteiger partial charge on any atom is 0.339 e. The van der Waals surface area contributed by atoms with Gasteiger partial charge in [-0.2, -0.15) is 15.1 Å². The van der Waals surface area contributed by atoms with Crippen molar-refractivity contribution in [2.45, 2.75) is 26.4 Å². The van der Waals surface area contributed by atoms with E-state index >= 15 is 0 Å². The van der Waals surface area contributed by atoms with Gasteiger partial charge < -0.3 is 19.9 Å². The second-order valence-corrected chi connectivity index (χ2v) is 8.68. The summed E-state index contributed by atoms with van der Waals surface area (Å²) in [6.07, 6.45) is 3.37. The summed E-state index contributed by atoms with van der Waals surface area (Å²) in [5, 5.41) is 18.4. The minimum Gasteiger partial charge on any atom is -0.451 e. The van der Waals surface area contributed by atoms with Gasteiger partial charge in [-0.15, -0.1) is 0 Å². The van der Waals surface area contributed by atoms with Crippen LogP contribution in [0.5, 0.6) is 0 Å². The third-order valence-electron chi connectivity index (χ3n) is 5.74. The monoisotopic (exact) mass is 468 g/mol. The molecule has 2 aromatic carbocycles. The van der Waals surface area contributed by atoms with Crippen molar-refractivity contribution in [3.05, 3.63) is 65.7 Å². The second-order valence-electron chi connectivity index (χ2n) is 8.68. The van der Waals surface area contributed by atoms with Crippen LogP contribution in [0.15, 0.2) is 53.3 Å². The van der Waals surface area contributed by atoms with Crippen molar-refractivity contribution in [3.63, 3.8) is 0 Å². The first kappa shape index (κ1) is 20.8. The number of aromatic amines is 1. The van der Waals surface area contributed by atoms with E-state index in [1.54, 1.807) is 31.5 Å². The van der Waals surface area contributed by atoms with Crippen molar-refractivity contribution < 1.29 is 14.1 Å². The summed E-state index contributed by atoms with van der Waals surface area (Å²) in [4.78, 5) is 25.6. The number of rotatable bonds is 5. The zero-order chi connectivity index (χ0) is 24.2. The fourth-order valence-corrected chi connectivity index (χ4v) is 4.03. The molecule has 0 spiro atoms. The lowest BCUT2D eigenvalue weighted by Crippen LogP contribution is -2.16. The SMILES string of the molecule is Cc1noc(-c2cnc(Nc3ccc4c(c3)C(C)(C)OC4=O)nc2Nc2ccc3[nH]ncc3c2)n1. The number of aryl methyl sites for hydroxylation is 1. The first-order valence-corrected chi connectivity index (χ1v) is 10.9. The van der Waals surface area contributed by atoms with Gasteiger partial charge in [0.25, 0.3) is 5.89 Å². The van der Waals surface area contributed by atoms with Crippen molar-refractivity contribution in [1.82, 2.24) is 30.3 Å². The maximum absolute atomic E-state index is 12.1. The van der Waals surface area contributed by atoms with E-state index in [9.17, 15) is 4.79 Å². The van der Waals surface area contributed by atoms with Crippen molar-refractivity contribution in [1.29, 1.82) is 0 Å². The van der Waals surface area contributed by atoms with Gasteiger partial charge in [-0.3, -0.25) is 5.10 Å². The lowest BCUT2D eigenvalue weighted by molar-refractivity contribution is 0.00955. The molecule has 0 atom stereocenters. The Kier molecular flexibility index (Phi) is 4.53. The van der Waals surface area contributed by atoms with Gasteiger partial charge in [-0.1, -0.05) is 5.16 Å². The number of ether oxygens (including phenoxy) is 1. The summed E-state index contributed by atoms with van der Waals surface area (Å²) < 4.78 is 10.8. The second kappa shape index (κ2) is 7.62. The number of hydrogen-bond acceptors (Lipinski definition) is 10. The van der Waals surface area contributed by atoms with Crippen molar-refractivity contribution in [2.24, 2.45) is 0 Å². The average molecular weight is 468 g/mol. The largest absolute Gasteiger partial charge is 0.451 e. The number of H-pyrrole nitrogens is 1. The number of esters is 1. The van der Waals surface area contributed by atoms with Crippen LogP contribution in [-0.2, 0) is 10.3 Å². The molecule has 0 saturated heterocycles. The lowest BCUT2D eigenvalue weighted by atomic mass is 9.95. The third kappa shape index (κ3) is 3.72. The molecular weight excluding hydrogens is 448 g/mol. The summed E-state index contributed by atoms with van der Waals surface area (Å²) in [5.74, 6) is 1.31. The molecule has 0 amide bonds. The number of nitrogens with zero attached hydrogens (tertiary/aromatic N) is 5. The Balaban J connectivity index is 1.37. The minimum atomic E-state index is -0.705. The number of carbonyl (C=O) groups excluding carboxylic acids is 1. The van der Waals surface area contributed by atoms with E-state index in [1.165, 1.54) is 0 Å². The van der Waals surface area contributed by atoms with Crippen molar-refractivity contribution in [2.75, 3.05) is 10.6 Å². The van der Waals surface area contributed by atoms with Crippen LogP contribution in [0.2, 0.25) is 0 Å². The van der Waals surface area contributed by atoms with E-state index in [-0.39, 0.29) is 5.97 Å². The van der Waals surface area contributed by atoms with Gasteiger partial charge in [0.05, 0.1) is 17.3 Å². The summed E-state index contributed by atoms with van der Waals surface area (Å²) in [5.41, 5.74) is 3.66. The van der Waals surface area contributed by atoms with Crippen LogP contribution in [0, 0.1) is 6.92 Å². The molecule has 0 bridgehead atoms. The van der Waals surface area contributed by atoms with Gasteiger partial charge in [-0.05, 0) is 57.2 Å². The van der Waals surface area contributed by atoms with Crippen LogP contribution in [0.3, 0.4) is 0 Å². The van der Waals surface area contributed by atoms with Crippen molar-refractivity contribution >= 4 is 40.0 Å². The smallest absolute Gasteiger partial charge is 0.339 e. The van der Waals surface area contributed by atoms with Crippen LogP contribution < -0.4 is 10.6 Å². The highest BCUT2D eigenvalue weighted by atomic mass is 16.6. The third-order valence-corrected chi connectivity index (χ3v) is 5.74. The highest BCUT2D eigenvalue weighted by Gasteiger charge is 2.37. The molecule has 4 heterocycles. The van der Waals surface area contributed by atoms with Gasteiger partial charge >= 0.3 is 5.97 Å². The summed E-state index contributed by atoms with van der Waals surface area (Å²) in [6.45, 7) is 5.46. The molecular formula is C24H20N8O3. The van der Waals surface area contributed by atoms with Gasteiger partial charge in [0.15, 0.2) is 5.82 Å². The number of anilines is 4. The number of cyclic esters (lactones) is 1. The molecule has 0 radical (unpaired) electrons. The van der Waals surface area contributed by atoms with Crippen LogP contribution in [0.4, 0.5) is 23.1 Å².